The quantitative estimate of drug-likeness (QED) is 0.561. The smallest absolute Gasteiger partial charge is 0.219 e. The molecule has 0 saturated heterocycles. The second kappa shape index (κ2) is 7.73. The standard InChI is InChI=1S/C9H17NO3/c1-2-9(13)10-6-4-3-5-8(12)7-11/h11H,2-7H2,1H3,(H,10,13). The zero-order valence-electron chi connectivity index (χ0n) is 8.01. The molecule has 0 aliphatic carbocycles. The molecule has 4 nitrogen and oxygen atoms in total. The van der Waals surface area contributed by atoms with E-state index >= 15 is 0 Å². The van der Waals surface area contributed by atoms with E-state index in [1.165, 1.54) is 0 Å². The third-order valence-electron chi connectivity index (χ3n) is 1.70. The van der Waals surface area contributed by atoms with Gasteiger partial charge in [-0.1, -0.05) is 6.92 Å². The number of unbranched alkanes of at least 4 members (excludes halogenated alkanes) is 1. The maximum absolute atomic E-state index is 10.7. The molecule has 13 heavy (non-hydrogen) atoms. The molecule has 2 N–H and O–H groups in total. The van der Waals surface area contributed by atoms with Crippen molar-refractivity contribution in [2.45, 2.75) is 32.6 Å². The number of carbonyl (C=O) groups excluding carboxylic acids is 2. The lowest BCUT2D eigenvalue weighted by Gasteiger charge is -2.01. The molecule has 0 aromatic carbocycles. The molecule has 4 heteroatoms. The van der Waals surface area contributed by atoms with Crippen LogP contribution in [0.5, 0.6) is 0 Å². The largest absolute Gasteiger partial charge is 0.389 e. The molecule has 0 aliphatic heterocycles. The molecule has 0 aromatic heterocycles. The highest BCUT2D eigenvalue weighted by Gasteiger charge is 1.99. The molecule has 0 saturated carbocycles. The van der Waals surface area contributed by atoms with Gasteiger partial charge >= 0.3 is 0 Å². The van der Waals surface area contributed by atoms with Gasteiger partial charge in [0.05, 0.1) is 0 Å². The number of ketones is 1. The van der Waals surface area contributed by atoms with Crippen molar-refractivity contribution in [2.24, 2.45) is 0 Å². The molecule has 1 amide bonds. The SMILES string of the molecule is CCC(=O)NCCCCC(=O)CO. The molecule has 0 atom stereocenters. The van der Waals surface area contributed by atoms with Crippen molar-refractivity contribution in [3.63, 3.8) is 0 Å². The molecule has 0 aliphatic rings. The number of rotatable bonds is 7. The second-order valence-corrected chi connectivity index (χ2v) is 2.86. The summed E-state index contributed by atoms with van der Waals surface area (Å²) in [6.07, 6.45) is 2.41. The second-order valence-electron chi connectivity index (χ2n) is 2.86. The van der Waals surface area contributed by atoms with Gasteiger partial charge in [0.1, 0.15) is 6.61 Å². The Morgan fingerprint density at radius 2 is 2.00 bits per heavy atom. The summed E-state index contributed by atoms with van der Waals surface area (Å²) in [6.45, 7) is 2.04. The lowest BCUT2D eigenvalue weighted by atomic mass is 10.2. The number of nitrogens with one attached hydrogen (secondary N) is 1. The van der Waals surface area contributed by atoms with Crippen LogP contribution in [-0.4, -0.2) is 29.9 Å². The number of aliphatic hydroxyl groups excluding tert-OH is 1. The Hall–Kier alpha value is -0.900. The lowest BCUT2D eigenvalue weighted by molar-refractivity contribution is -0.121. The van der Waals surface area contributed by atoms with E-state index in [2.05, 4.69) is 5.32 Å². The van der Waals surface area contributed by atoms with E-state index in [1.54, 1.807) is 6.92 Å². The lowest BCUT2D eigenvalue weighted by Crippen LogP contribution is -2.23. The fourth-order valence-corrected chi connectivity index (χ4v) is 0.879. The third kappa shape index (κ3) is 7.46. The average molecular weight is 187 g/mol. The van der Waals surface area contributed by atoms with E-state index < -0.39 is 0 Å². The highest BCUT2D eigenvalue weighted by atomic mass is 16.3. The minimum Gasteiger partial charge on any atom is -0.389 e. The monoisotopic (exact) mass is 187 g/mol. The highest BCUT2D eigenvalue weighted by Crippen LogP contribution is 1.94. The van der Waals surface area contributed by atoms with Gasteiger partial charge in [0.2, 0.25) is 5.91 Å². The first-order chi connectivity index (χ1) is 6.20. The number of Topliss-reactive ketones (excluding diaryl/α,β-unsaturated/α-hetero) is 1. The molecule has 0 unspecified atom stereocenters. The maximum atomic E-state index is 10.7. The van der Waals surface area contributed by atoms with Crippen LogP contribution in [0, 0.1) is 0 Å². The minimum absolute atomic E-state index is 0.0356. The summed E-state index contributed by atoms with van der Waals surface area (Å²) in [5.74, 6) is -0.102. The molecular weight excluding hydrogens is 170 g/mol. The van der Waals surface area contributed by atoms with Crippen LogP contribution in [0.3, 0.4) is 0 Å². The first-order valence-corrected chi connectivity index (χ1v) is 4.60. The zero-order chi connectivity index (χ0) is 10.1. The average Bonchev–Trinajstić information content (AvgIpc) is 2.16. The van der Waals surface area contributed by atoms with E-state index in [4.69, 9.17) is 5.11 Å². The Kier molecular flexibility index (Phi) is 7.20. The predicted molar refractivity (Wildman–Crippen MR) is 49.2 cm³/mol. The Bertz CT molecular complexity index is 150. The topological polar surface area (TPSA) is 66.4 Å². The first-order valence-electron chi connectivity index (χ1n) is 4.60. The van der Waals surface area contributed by atoms with Gasteiger partial charge in [-0.05, 0) is 12.8 Å². The first kappa shape index (κ1) is 12.1. The van der Waals surface area contributed by atoms with Gasteiger partial charge in [-0.25, -0.2) is 0 Å². The van der Waals surface area contributed by atoms with Crippen LogP contribution in [0.25, 0.3) is 0 Å². The summed E-state index contributed by atoms with van der Waals surface area (Å²) in [4.78, 5) is 21.4. The van der Waals surface area contributed by atoms with Gasteiger partial charge < -0.3 is 10.4 Å². The van der Waals surface area contributed by atoms with Gasteiger partial charge in [0, 0.05) is 19.4 Å². The summed E-state index contributed by atoms with van der Waals surface area (Å²) in [5.41, 5.74) is 0. The number of carbonyl (C=O) groups is 2. The van der Waals surface area contributed by atoms with E-state index in [9.17, 15) is 9.59 Å². The minimum atomic E-state index is -0.374. The highest BCUT2D eigenvalue weighted by molar-refractivity contribution is 5.79. The number of hydrogen-bond donors (Lipinski definition) is 2. The summed E-state index contributed by atoms with van der Waals surface area (Å²) in [5, 5.41) is 11.1. The van der Waals surface area contributed by atoms with Gasteiger partial charge in [-0.2, -0.15) is 0 Å². The van der Waals surface area contributed by atoms with Crippen LogP contribution in [-0.2, 0) is 9.59 Å². The Labute approximate surface area is 78.3 Å². The summed E-state index contributed by atoms with van der Waals surface area (Å²) >= 11 is 0. The van der Waals surface area contributed by atoms with Crippen LogP contribution in [0.1, 0.15) is 32.6 Å². The van der Waals surface area contributed by atoms with Gasteiger partial charge in [0.25, 0.3) is 0 Å². The van der Waals surface area contributed by atoms with Crippen LogP contribution >= 0.6 is 0 Å². The Morgan fingerprint density at radius 1 is 1.31 bits per heavy atom. The molecule has 0 rings (SSSR count). The van der Waals surface area contributed by atoms with Gasteiger partial charge in [-0.15, -0.1) is 0 Å². The molecule has 0 fully saturated rings. The van der Waals surface area contributed by atoms with Crippen LogP contribution in [0.15, 0.2) is 0 Å². The van der Waals surface area contributed by atoms with E-state index in [0.717, 1.165) is 12.8 Å². The van der Waals surface area contributed by atoms with Crippen LogP contribution in [0.4, 0.5) is 0 Å². The van der Waals surface area contributed by atoms with Gasteiger partial charge in [-0.3, -0.25) is 9.59 Å². The van der Waals surface area contributed by atoms with Crippen molar-refractivity contribution < 1.29 is 14.7 Å². The zero-order valence-corrected chi connectivity index (χ0v) is 8.01. The van der Waals surface area contributed by atoms with Crippen molar-refractivity contribution in [3.8, 4) is 0 Å². The third-order valence-corrected chi connectivity index (χ3v) is 1.70. The number of amides is 1. The van der Waals surface area contributed by atoms with Crippen LogP contribution < -0.4 is 5.32 Å². The van der Waals surface area contributed by atoms with Crippen molar-refractivity contribution in [3.05, 3.63) is 0 Å². The maximum Gasteiger partial charge on any atom is 0.219 e. The molecule has 0 heterocycles. The molecular formula is C9H17NO3. The van der Waals surface area contributed by atoms with Crippen molar-refractivity contribution in [1.82, 2.24) is 5.32 Å². The molecule has 0 bridgehead atoms. The van der Waals surface area contributed by atoms with Crippen molar-refractivity contribution in [2.75, 3.05) is 13.2 Å². The fourth-order valence-electron chi connectivity index (χ4n) is 0.879. The number of hydrogen-bond acceptors (Lipinski definition) is 3. The Morgan fingerprint density at radius 3 is 2.54 bits per heavy atom. The van der Waals surface area contributed by atoms with E-state index in [0.29, 0.717) is 19.4 Å². The van der Waals surface area contributed by atoms with E-state index in [1.807, 2.05) is 0 Å². The van der Waals surface area contributed by atoms with Crippen LogP contribution in [0.2, 0.25) is 0 Å². The Balaban J connectivity index is 3.17. The molecule has 76 valence electrons. The van der Waals surface area contributed by atoms with E-state index in [-0.39, 0.29) is 18.3 Å². The summed E-state index contributed by atoms with van der Waals surface area (Å²) in [7, 11) is 0. The number of aliphatic hydroxyl groups is 1. The van der Waals surface area contributed by atoms with Crippen molar-refractivity contribution >= 4 is 11.7 Å². The molecule has 0 radical (unpaired) electrons. The molecule has 0 aromatic rings. The van der Waals surface area contributed by atoms with Crippen molar-refractivity contribution in [1.29, 1.82) is 0 Å². The molecule has 0 spiro atoms. The normalized spacial score (nSPS) is 9.69. The fraction of sp³-hybridized carbons (Fsp3) is 0.778. The predicted octanol–water partition coefficient (Wildman–Crippen LogP) is 0.244. The summed E-state index contributed by atoms with van der Waals surface area (Å²) < 4.78 is 0. The summed E-state index contributed by atoms with van der Waals surface area (Å²) in [6, 6.07) is 0. The van der Waals surface area contributed by atoms with Gasteiger partial charge in [0.15, 0.2) is 5.78 Å².